The van der Waals surface area contributed by atoms with Crippen LogP contribution in [0.25, 0.3) is 17.1 Å². The first-order valence-electron chi connectivity index (χ1n) is 6.66. The van der Waals surface area contributed by atoms with E-state index >= 15 is 0 Å². The molecule has 22 heavy (non-hydrogen) atoms. The summed E-state index contributed by atoms with van der Waals surface area (Å²) in [5, 5.41) is 8.82. The number of hydrogen-bond donors (Lipinski definition) is 1. The molecule has 0 spiro atoms. The SMILES string of the molecule is COc1ccc(-c2nnc(S)n2-c2ccc(OC)cc2)cc1. The van der Waals surface area contributed by atoms with E-state index in [0.29, 0.717) is 5.16 Å². The normalized spacial score (nSPS) is 10.5. The largest absolute Gasteiger partial charge is 0.497 e. The van der Waals surface area contributed by atoms with Gasteiger partial charge in [0.25, 0.3) is 0 Å². The van der Waals surface area contributed by atoms with Gasteiger partial charge in [-0.05, 0) is 48.5 Å². The molecule has 0 amide bonds. The van der Waals surface area contributed by atoms with E-state index in [0.717, 1.165) is 28.6 Å². The Morgan fingerprint density at radius 3 is 1.91 bits per heavy atom. The maximum atomic E-state index is 5.18. The molecule has 0 atom stereocenters. The van der Waals surface area contributed by atoms with Crippen LogP contribution in [0.4, 0.5) is 0 Å². The van der Waals surface area contributed by atoms with Crippen molar-refractivity contribution in [1.29, 1.82) is 0 Å². The number of hydrogen-bond acceptors (Lipinski definition) is 5. The van der Waals surface area contributed by atoms with Crippen molar-refractivity contribution in [2.45, 2.75) is 5.16 Å². The van der Waals surface area contributed by atoms with Crippen molar-refractivity contribution in [3.05, 3.63) is 48.5 Å². The highest BCUT2D eigenvalue weighted by molar-refractivity contribution is 7.80. The van der Waals surface area contributed by atoms with Gasteiger partial charge < -0.3 is 9.47 Å². The van der Waals surface area contributed by atoms with Crippen LogP contribution in [0.2, 0.25) is 0 Å². The smallest absolute Gasteiger partial charge is 0.193 e. The summed E-state index contributed by atoms with van der Waals surface area (Å²) >= 11 is 4.40. The number of aromatic nitrogens is 3. The second-order valence-corrected chi connectivity index (χ2v) is 4.99. The summed E-state index contributed by atoms with van der Waals surface area (Å²) in [5.74, 6) is 2.31. The van der Waals surface area contributed by atoms with Crippen LogP contribution < -0.4 is 9.47 Å². The summed E-state index contributed by atoms with van der Waals surface area (Å²) in [4.78, 5) is 0. The Labute approximate surface area is 133 Å². The van der Waals surface area contributed by atoms with Crippen LogP contribution in [0.1, 0.15) is 0 Å². The van der Waals surface area contributed by atoms with Crippen molar-refractivity contribution in [3.8, 4) is 28.6 Å². The standard InChI is InChI=1S/C16H15N3O2S/c1-20-13-7-3-11(4-8-13)15-17-18-16(22)19(15)12-5-9-14(21-2)10-6-12/h3-10H,1-2H3,(H,18,22). The van der Waals surface area contributed by atoms with Crippen LogP contribution in [0.3, 0.4) is 0 Å². The van der Waals surface area contributed by atoms with Crippen LogP contribution in [-0.2, 0) is 0 Å². The number of nitrogens with zero attached hydrogens (tertiary/aromatic N) is 3. The van der Waals surface area contributed by atoms with Crippen molar-refractivity contribution in [3.63, 3.8) is 0 Å². The molecular weight excluding hydrogens is 298 g/mol. The van der Waals surface area contributed by atoms with Gasteiger partial charge in [-0.1, -0.05) is 0 Å². The predicted octanol–water partition coefficient (Wildman–Crippen LogP) is 3.24. The van der Waals surface area contributed by atoms with Crippen LogP contribution in [-0.4, -0.2) is 29.0 Å². The van der Waals surface area contributed by atoms with E-state index < -0.39 is 0 Å². The van der Waals surface area contributed by atoms with Crippen LogP contribution in [0.15, 0.2) is 53.7 Å². The molecule has 0 aliphatic carbocycles. The third kappa shape index (κ3) is 2.65. The van der Waals surface area contributed by atoms with Crippen molar-refractivity contribution < 1.29 is 9.47 Å². The molecule has 3 aromatic rings. The lowest BCUT2D eigenvalue weighted by Gasteiger charge is -2.09. The fraction of sp³-hybridized carbons (Fsp3) is 0.125. The zero-order valence-electron chi connectivity index (χ0n) is 12.2. The highest BCUT2D eigenvalue weighted by Crippen LogP contribution is 2.26. The molecule has 0 radical (unpaired) electrons. The zero-order chi connectivity index (χ0) is 15.5. The summed E-state index contributed by atoms with van der Waals surface area (Å²) in [6, 6.07) is 15.3. The molecule has 112 valence electrons. The Balaban J connectivity index is 2.05. The van der Waals surface area contributed by atoms with Crippen LogP contribution in [0.5, 0.6) is 11.5 Å². The molecule has 6 heteroatoms. The third-order valence-electron chi connectivity index (χ3n) is 3.32. The van der Waals surface area contributed by atoms with Gasteiger partial charge in [0, 0.05) is 11.3 Å². The second-order valence-electron chi connectivity index (χ2n) is 4.59. The highest BCUT2D eigenvalue weighted by atomic mass is 32.1. The van der Waals surface area contributed by atoms with Gasteiger partial charge in [-0.2, -0.15) is 0 Å². The van der Waals surface area contributed by atoms with Crippen molar-refractivity contribution in [2.75, 3.05) is 14.2 Å². The molecule has 0 aliphatic rings. The Morgan fingerprint density at radius 2 is 1.36 bits per heavy atom. The van der Waals surface area contributed by atoms with Gasteiger partial charge >= 0.3 is 0 Å². The summed E-state index contributed by atoms with van der Waals surface area (Å²) < 4.78 is 12.2. The lowest BCUT2D eigenvalue weighted by Crippen LogP contribution is -1.98. The molecule has 5 nitrogen and oxygen atoms in total. The molecule has 2 aromatic carbocycles. The second kappa shape index (κ2) is 6.11. The Hall–Kier alpha value is -2.47. The summed E-state index contributed by atoms with van der Waals surface area (Å²) in [7, 11) is 3.28. The maximum absolute atomic E-state index is 5.18. The minimum Gasteiger partial charge on any atom is -0.497 e. The summed E-state index contributed by atoms with van der Waals surface area (Å²) in [6.45, 7) is 0. The Bertz CT molecular complexity index is 767. The van der Waals surface area contributed by atoms with Crippen molar-refractivity contribution in [1.82, 2.24) is 14.8 Å². The molecule has 3 rings (SSSR count). The number of benzene rings is 2. The monoisotopic (exact) mass is 313 g/mol. The highest BCUT2D eigenvalue weighted by Gasteiger charge is 2.13. The van der Waals surface area contributed by atoms with Gasteiger partial charge in [0.15, 0.2) is 11.0 Å². The van der Waals surface area contributed by atoms with E-state index in [9.17, 15) is 0 Å². The molecule has 0 aliphatic heterocycles. The molecule has 1 aromatic heterocycles. The molecule has 0 bridgehead atoms. The third-order valence-corrected chi connectivity index (χ3v) is 3.61. The van der Waals surface area contributed by atoms with Crippen molar-refractivity contribution >= 4 is 12.6 Å². The average Bonchev–Trinajstić information content (AvgIpc) is 2.96. The number of ether oxygens (including phenoxy) is 2. The van der Waals surface area contributed by atoms with Crippen LogP contribution in [0, 0.1) is 0 Å². The molecular formula is C16H15N3O2S. The fourth-order valence-corrected chi connectivity index (χ4v) is 2.43. The fourth-order valence-electron chi connectivity index (χ4n) is 2.17. The predicted molar refractivity (Wildman–Crippen MR) is 87.2 cm³/mol. The quantitative estimate of drug-likeness (QED) is 0.751. The minimum absolute atomic E-state index is 0.524. The topological polar surface area (TPSA) is 49.2 Å². The van der Waals surface area contributed by atoms with E-state index in [1.165, 1.54) is 0 Å². The number of rotatable bonds is 4. The average molecular weight is 313 g/mol. The van der Waals surface area contributed by atoms with E-state index in [2.05, 4.69) is 22.8 Å². The van der Waals surface area contributed by atoms with Gasteiger partial charge in [0.2, 0.25) is 0 Å². The number of methoxy groups -OCH3 is 2. The number of thiol groups is 1. The molecule has 0 saturated heterocycles. The first-order chi connectivity index (χ1) is 10.7. The molecule has 0 saturated carbocycles. The van der Waals surface area contributed by atoms with Gasteiger partial charge in [-0.15, -0.1) is 22.8 Å². The Kier molecular flexibility index (Phi) is 4.02. The molecule has 0 N–H and O–H groups in total. The van der Waals surface area contributed by atoms with Gasteiger partial charge in [0.1, 0.15) is 11.5 Å². The molecule has 0 unspecified atom stereocenters. The van der Waals surface area contributed by atoms with Gasteiger partial charge in [0.05, 0.1) is 14.2 Å². The maximum Gasteiger partial charge on any atom is 0.193 e. The minimum atomic E-state index is 0.524. The van der Waals surface area contributed by atoms with E-state index in [4.69, 9.17) is 9.47 Å². The summed E-state index contributed by atoms with van der Waals surface area (Å²) in [5.41, 5.74) is 1.85. The van der Waals surface area contributed by atoms with Crippen molar-refractivity contribution in [2.24, 2.45) is 0 Å². The van der Waals surface area contributed by atoms with E-state index in [1.54, 1.807) is 14.2 Å². The van der Waals surface area contributed by atoms with E-state index in [1.807, 2.05) is 53.1 Å². The van der Waals surface area contributed by atoms with E-state index in [-0.39, 0.29) is 0 Å². The van der Waals surface area contributed by atoms with Gasteiger partial charge in [-0.25, -0.2) is 0 Å². The summed E-state index contributed by atoms with van der Waals surface area (Å²) in [6.07, 6.45) is 0. The lowest BCUT2D eigenvalue weighted by molar-refractivity contribution is 0.414. The first kappa shape index (κ1) is 14.5. The first-order valence-corrected chi connectivity index (χ1v) is 7.11. The van der Waals surface area contributed by atoms with Crippen LogP contribution >= 0.6 is 12.6 Å². The molecule has 0 fully saturated rings. The zero-order valence-corrected chi connectivity index (χ0v) is 13.1. The van der Waals surface area contributed by atoms with Gasteiger partial charge in [-0.3, -0.25) is 4.57 Å². The molecule has 1 heterocycles. The Morgan fingerprint density at radius 1 is 0.818 bits per heavy atom. The lowest BCUT2D eigenvalue weighted by atomic mass is 10.2.